The number of benzene rings is 2. The van der Waals surface area contributed by atoms with Gasteiger partial charge in [0.25, 0.3) is 5.91 Å². The van der Waals surface area contributed by atoms with Crippen LogP contribution in [0.15, 0.2) is 36.5 Å². The second-order valence-corrected chi connectivity index (χ2v) is 12.3. The predicted octanol–water partition coefficient (Wildman–Crippen LogP) is 5.59. The van der Waals surface area contributed by atoms with E-state index in [9.17, 15) is 36.6 Å². The van der Waals surface area contributed by atoms with Crippen LogP contribution in [0, 0.1) is 11.6 Å². The number of carbonyl (C=O) groups excluding carboxylic acids is 2. The van der Waals surface area contributed by atoms with E-state index in [1.807, 2.05) is 0 Å². The van der Waals surface area contributed by atoms with Crippen molar-refractivity contribution in [1.29, 1.82) is 0 Å². The van der Waals surface area contributed by atoms with E-state index >= 15 is 4.39 Å². The molecular weight excluding hydrogens is 684 g/mol. The zero-order valence-electron chi connectivity index (χ0n) is 25.6. The molecule has 2 aliphatic rings. The maximum absolute atomic E-state index is 15.1. The lowest BCUT2D eigenvalue weighted by Crippen LogP contribution is -2.51. The van der Waals surface area contributed by atoms with Gasteiger partial charge in [-0.2, -0.15) is 18.3 Å². The van der Waals surface area contributed by atoms with E-state index < -0.39 is 76.0 Å². The fourth-order valence-electron chi connectivity index (χ4n) is 5.18. The lowest BCUT2D eigenvalue weighted by atomic mass is 9.93. The molecule has 0 saturated heterocycles. The van der Waals surface area contributed by atoms with Crippen molar-refractivity contribution in [1.82, 2.24) is 20.1 Å². The van der Waals surface area contributed by atoms with E-state index in [-0.39, 0.29) is 53.7 Å². The lowest BCUT2D eigenvalue weighted by Gasteiger charge is -2.31. The first-order chi connectivity index (χ1) is 23.0. The van der Waals surface area contributed by atoms with Gasteiger partial charge in [0.1, 0.15) is 34.3 Å². The number of alkyl halides is 4. The number of primary amides is 1. The Morgan fingerprint density at radius 1 is 1.14 bits per heavy atom. The third-order valence-corrected chi connectivity index (χ3v) is 8.38. The smallest absolute Gasteiger partial charge is 0.424 e. The molecule has 2 fully saturated rings. The molecule has 4 aromatic rings. The van der Waals surface area contributed by atoms with Gasteiger partial charge in [0.15, 0.2) is 0 Å². The van der Waals surface area contributed by atoms with Gasteiger partial charge in [0.2, 0.25) is 17.3 Å². The number of ether oxygens (including phenoxy) is 2. The van der Waals surface area contributed by atoms with Crippen LogP contribution in [0.25, 0.3) is 22.2 Å². The van der Waals surface area contributed by atoms with E-state index in [0.717, 1.165) is 23.6 Å². The fraction of sp³-hybridized carbons (Fsp3) is 0.375. The summed E-state index contributed by atoms with van der Waals surface area (Å²) in [6.45, 7) is -0.146. The topological polar surface area (TPSA) is 142 Å². The molecule has 6 rings (SSSR count). The first-order valence-electron chi connectivity index (χ1n) is 15.1. The van der Waals surface area contributed by atoms with Gasteiger partial charge in [-0.25, -0.2) is 22.8 Å². The molecule has 260 valence electrons. The summed E-state index contributed by atoms with van der Waals surface area (Å²) in [5, 5.41) is 17.3. The number of nitrogens with two attached hydrogens (primary N) is 1. The van der Waals surface area contributed by atoms with Crippen molar-refractivity contribution in [2.45, 2.75) is 62.7 Å². The van der Waals surface area contributed by atoms with Crippen molar-refractivity contribution in [2.24, 2.45) is 5.73 Å². The molecule has 0 spiro atoms. The molecule has 2 aromatic carbocycles. The highest BCUT2D eigenvalue weighted by Gasteiger charge is 2.57. The Hall–Kier alpha value is -4.57. The number of amides is 2. The van der Waals surface area contributed by atoms with Crippen molar-refractivity contribution < 1.29 is 50.5 Å². The van der Waals surface area contributed by atoms with Crippen molar-refractivity contribution in [3.05, 3.63) is 70.0 Å². The van der Waals surface area contributed by atoms with Crippen LogP contribution >= 0.6 is 11.6 Å². The SMILES string of the molecule is CCOc1c(CC(N)=O)cc([C@@](O)(CNC(=O)c2cc(OC3CC3)c3nn(C4(F)CC4)cc3c2)C(F)(F)F)nc1-c1cc(Cl)c(F)cc1F. The first-order valence-corrected chi connectivity index (χ1v) is 15.5. The fourth-order valence-corrected chi connectivity index (χ4v) is 5.35. The van der Waals surface area contributed by atoms with Gasteiger partial charge in [0.05, 0.1) is 36.4 Å². The van der Waals surface area contributed by atoms with Gasteiger partial charge in [-0.1, -0.05) is 11.6 Å². The third kappa shape index (κ3) is 6.71. The van der Waals surface area contributed by atoms with Crippen LogP contribution in [-0.4, -0.2) is 57.1 Å². The van der Waals surface area contributed by atoms with Crippen molar-refractivity contribution >= 4 is 34.3 Å². The summed E-state index contributed by atoms with van der Waals surface area (Å²) in [4.78, 5) is 29.2. The van der Waals surface area contributed by atoms with E-state index in [0.29, 0.717) is 17.5 Å². The highest BCUT2D eigenvalue weighted by atomic mass is 35.5. The van der Waals surface area contributed by atoms with Crippen LogP contribution in [0.2, 0.25) is 5.02 Å². The number of rotatable bonds is 12. The van der Waals surface area contributed by atoms with Crippen LogP contribution in [-0.2, 0) is 22.6 Å². The molecule has 2 heterocycles. The maximum atomic E-state index is 15.1. The Labute approximate surface area is 279 Å². The molecule has 4 N–H and O–H groups in total. The Balaban J connectivity index is 1.40. The normalized spacial score (nSPS) is 16.7. The molecular formula is C32H28ClF6N5O5. The van der Waals surface area contributed by atoms with Crippen LogP contribution in [0.3, 0.4) is 0 Å². The molecule has 0 unspecified atom stereocenters. The number of nitrogens with zero attached hydrogens (tertiary/aromatic N) is 3. The number of pyridine rings is 1. The standard InChI is InChI=1S/C32H28ClF6N5O5/c1-2-48-28-15(10-25(40)45)9-24(42-27(28)19-11-20(33)22(35)12-21(19)34)31(47,32(37,38)39)14-41-29(46)16-7-17-13-44(30(36)5-6-30)43-26(17)23(8-16)49-18-3-4-18/h7-9,11-13,18,47H,2-6,10,14H2,1H3,(H2,40,45)(H,41,46)/t31-/m0/s1. The van der Waals surface area contributed by atoms with Gasteiger partial charge in [0, 0.05) is 47.2 Å². The molecule has 2 amide bonds. The van der Waals surface area contributed by atoms with Crippen molar-refractivity contribution in [2.75, 3.05) is 13.2 Å². The zero-order valence-corrected chi connectivity index (χ0v) is 26.4. The molecule has 0 aliphatic heterocycles. The summed E-state index contributed by atoms with van der Waals surface area (Å²) < 4.78 is 101. The largest absolute Gasteiger partial charge is 0.491 e. The Kier molecular flexibility index (Phi) is 8.67. The number of aromatic nitrogens is 3. The molecule has 17 heteroatoms. The Morgan fingerprint density at radius 2 is 1.86 bits per heavy atom. The number of halogens is 7. The van der Waals surface area contributed by atoms with Gasteiger partial charge >= 0.3 is 6.18 Å². The van der Waals surface area contributed by atoms with Crippen LogP contribution < -0.4 is 20.5 Å². The highest BCUT2D eigenvalue weighted by Crippen LogP contribution is 2.46. The molecule has 10 nitrogen and oxygen atoms in total. The van der Waals surface area contributed by atoms with Crippen molar-refractivity contribution in [3.63, 3.8) is 0 Å². The van der Waals surface area contributed by atoms with Crippen molar-refractivity contribution in [3.8, 4) is 22.8 Å². The molecule has 49 heavy (non-hydrogen) atoms. The maximum Gasteiger partial charge on any atom is 0.424 e. The number of hydrogen-bond acceptors (Lipinski definition) is 7. The second-order valence-electron chi connectivity index (χ2n) is 11.9. The highest BCUT2D eigenvalue weighted by molar-refractivity contribution is 6.31. The molecule has 2 aliphatic carbocycles. The molecule has 0 bridgehead atoms. The quantitative estimate of drug-likeness (QED) is 0.129. The monoisotopic (exact) mass is 711 g/mol. The molecule has 1 atom stereocenters. The summed E-state index contributed by atoms with van der Waals surface area (Å²) in [7, 11) is 0. The average molecular weight is 712 g/mol. The number of hydrogen-bond donors (Lipinski definition) is 3. The number of aliphatic hydroxyl groups is 1. The minimum Gasteiger partial charge on any atom is -0.491 e. The molecule has 2 saturated carbocycles. The summed E-state index contributed by atoms with van der Waals surface area (Å²) in [6, 6.07) is 4.40. The second kappa shape index (κ2) is 12.4. The summed E-state index contributed by atoms with van der Waals surface area (Å²) in [6.07, 6.45) is -3.10. The Morgan fingerprint density at radius 3 is 2.47 bits per heavy atom. The number of carbonyl (C=O) groups is 2. The zero-order chi connectivity index (χ0) is 35.5. The van der Waals surface area contributed by atoms with Crippen LogP contribution in [0.1, 0.15) is 54.2 Å². The Bertz CT molecular complexity index is 1980. The van der Waals surface area contributed by atoms with Gasteiger partial charge in [-0.15, -0.1) is 0 Å². The minimum absolute atomic E-state index is 0.127. The van der Waals surface area contributed by atoms with Crippen LogP contribution in [0.5, 0.6) is 11.5 Å². The predicted molar refractivity (Wildman–Crippen MR) is 163 cm³/mol. The van der Waals surface area contributed by atoms with E-state index in [1.54, 1.807) is 0 Å². The summed E-state index contributed by atoms with van der Waals surface area (Å²) in [5.74, 6) is -6.46. The molecule has 0 radical (unpaired) electrons. The van der Waals surface area contributed by atoms with Crippen LogP contribution in [0.4, 0.5) is 26.3 Å². The number of fused-ring (bicyclic) bond motifs is 1. The summed E-state index contributed by atoms with van der Waals surface area (Å²) >= 11 is 5.85. The van der Waals surface area contributed by atoms with Gasteiger partial charge in [-0.3, -0.25) is 9.59 Å². The van der Waals surface area contributed by atoms with E-state index in [1.165, 1.54) is 25.3 Å². The number of nitrogens with one attached hydrogen (secondary N) is 1. The lowest BCUT2D eigenvalue weighted by molar-refractivity contribution is -0.265. The van der Waals surface area contributed by atoms with Gasteiger partial charge in [-0.05, 0) is 44.0 Å². The summed E-state index contributed by atoms with van der Waals surface area (Å²) in [5.41, 5.74) is -1.24. The minimum atomic E-state index is -5.52. The third-order valence-electron chi connectivity index (χ3n) is 8.09. The van der Waals surface area contributed by atoms with E-state index in [4.69, 9.17) is 26.8 Å². The van der Waals surface area contributed by atoms with Gasteiger partial charge < -0.3 is 25.6 Å². The molecule has 2 aromatic heterocycles. The first kappa shape index (κ1) is 34.3. The average Bonchev–Trinajstić information content (AvgIpc) is 3.95. The van der Waals surface area contributed by atoms with E-state index in [2.05, 4.69) is 15.4 Å².